The van der Waals surface area contributed by atoms with Gasteiger partial charge in [0.05, 0.1) is 16.1 Å². The number of Topliss-reactive ketones (excluding diaryl/α,β-unsaturated/α-hetero) is 1. The van der Waals surface area contributed by atoms with Crippen molar-refractivity contribution < 1.29 is 32.4 Å². The third-order valence-corrected chi connectivity index (χ3v) is 2.82. The molecule has 0 N–H and O–H groups in total. The zero-order chi connectivity index (χ0) is 17.8. The number of hydrogen-bond donors (Lipinski definition) is 0. The highest BCUT2D eigenvalue weighted by molar-refractivity contribution is 6.17. The van der Waals surface area contributed by atoms with Crippen molar-refractivity contribution in [2.75, 3.05) is 6.61 Å². The molecule has 1 atom stereocenters. The normalized spacial score (nSPS) is 12.5. The summed E-state index contributed by atoms with van der Waals surface area (Å²) in [6, 6.07) is 1.43. The number of alkyl halides is 3. The summed E-state index contributed by atoms with van der Waals surface area (Å²) in [5.41, 5.74) is -2.97. The summed E-state index contributed by atoms with van der Waals surface area (Å²) >= 11 is 0. The molecule has 0 fully saturated rings. The molecular weight excluding hydrogens is 319 g/mol. The van der Waals surface area contributed by atoms with E-state index in [1.807, 2.05) is 0 Å². The Balaban J connectivity index is 3.40. The molecule has 0 aliphatic carbocycles. The molecule has 1 unspecified atom stereocenters. The predicted molar refractivity (Wildman–Crippen MR) is 73.0 cm³/mol. The molecular formula is C14H12F3NO5. The van der Waals surface area contributed by atoms with Crippen LogP contribution in [-0.4, -0.2) is 29.2 Å². The van der Waals surface area contributed by atoms with Gasteiger partial charge in [-0.25, -0.2) is 0 Å². The van der Waals surface area contributed by atoms with E-state index in [0.29, 0.717) is 12.1 Å². The maximum absolute atomic E-state index is 12.6. The quantitative estimate of drug-likeness (QED) is 0.252. The molecule has 23 heavy (non-hydrogen) atoms. The van der Waals surface area contributed by atoms with Crippen LogP contribution in [0, 0.1) is 10.1 Å². The molecule has 0 saturated heterocycles. The molecule has 0 heterocycles. The molecule has 1 rings (SSSR count). The maximum atomic E-state index is 12.6. The Labute approximate surface area is 128 Å². The lowest BCUT2D eigenvalue weighted by Gasteiger charge is -2.14. The van der Waals surface area contributed by atoms with Crippen molar-refractivity contribution in [3.8, 4) is 0 Å². The van der Waals surface area contributed by atoms with Crippen molar-refractivity contribution in [1.29, 1.82) is 0 Å². The standard InChI is InChI=1S/C14H12F3NO5/c1-3-11(19)13(23-4-2)12(20)9-6-5-8(14(15,16)17)7-10(9)18(21)22/h3,5-7,13H,1,4H2,2H3. The van der Waals surface area contributed by atoms with E-state index in [1.165, 1.54) is 6.92 Å². The lowest BCUT2D eigenvalue weighted by atomic mass is 9.99. The second kappa shape index (κ2) is 7.14. The van der Waals surface area contributed by atoms with Crippen molar-refractivity contribution in [3.05, 3.63) is 52.1 Å². The van der Waals surface area contributed by atoms with Crippen LogP contribution in [0.25, 0.3) is 0 Å². The summed E-state index contributed by atoms with van der Waals surface area (Å²) in [4.78, 5) is 33.7. The molecule has 0 saturated carbocycles. The Morgan fingerprint density at radius 3 is 2.48 bits per heavy atom. The van der Waals surface area contributed by atoms with Gasteiger partial charge in [-0.05, 0) is 25.1 Å². The molecule has 0 spiro atoms. The first-order chi connectivity index (χ1) is 10.6. The number of nitrogens with zero attached hydrogens (tertiary/aromatic N) is 1. The Kier molecular flexibility index (Phi) is 5.74. The first kappa shape index (κ1) is 18.5. The molecule has 0 bridgehead atoms. The maximum Gasteiger partial charge on any atom is 0.416 e. The van der Waals surface area contributed by atoms with Gasteiger partial charge in [0.2, 0.25) is 5.78 Å². The minimum absolute atomic E-state index is 0.0512. The predicted octanol–water partition coefficient (Wildman–Crippen LogP) is 2.96. The fourth-order valence-corrected chi connectivity index (χ4v) is 1.77. The van der Waals surface area contributed by atoms with Gasteiger partial charge in [-0.1, -0.05) is 6.58 Å². The van der Waals surface area contributed by atoms with Crippen molar-refractivity contribution in [1.82, 2.24) is 0 Å². The minimum atomic E-state index is -4.80. The Bertz CT molecular complexity index is 654. The number of carbonyl (C=O) groups excluding carboxylic acids is 2. The van der Waals surface area contributed by atoms with Crippen LogP contribution in [0.2, 0.25) is 0 Å². The highest BCUT2D eigenvalue weighted by Crippen LogP contribution is 2.33. The lowest BCUT2D eigenvalue weighted by Crippen LogP contribution is -2.32. The third-order valence-electron chi connectivity index (χ3n) is 2.82. The molecule has 0 radical (unpaired) electrons. The number of ketones is 2. The number of benzene rings is 1. The molecule has 1 aromatic rings. The fourth-order valence-electron chi connectivity index (χ4n) is 1.77. The minimum Gasteiger partial charge on any atom is -0.362 e. The molecule has 0 amide bonds. The van der Waals surface area contributed by atoms with E-state index in [-0.39, 0.29) is 12.7 Å². The Morgan fingerprint density at radius 1 is 1.43 bits per heavy atom. The number of rotatable bonds is 7. The molecule has 0 aliphatic heterocycles. The van der Waals surface area contributed by atoms with Gasteiger partial charge in [-0.15, -0.1) is 0 Å². The van der Waals surface area contributed by atoms with Crippen molar-refractivity contribution in [3.63, 3.8) is 0 Å². The van der Waals surface area contributed by atoms with Crippen LogP contribution in [0.5, 0.6) is 0 Å². The summed E-state index contributed by atoms with van der Waals surface area (Å²) in [7, 11) is 0. The monoisotopic (exact) mass is 331 g/mol. The van der Waals surface area contributed by atoms with Gasteiger partial charge in [0, 0.05) is 12.7 Å². The first-order valence-electron chi connectivity index (χ1n) is 6.31. The van der Waals surface area contributed by atoms with Gasteiger partial charge in [-0.3, -0.25) is 19.7 Å². The molecule has 9 heteroatoms. The SMILES string of the molecule is C=CC(=O)C(OCC)C(=O)c1ccc(C(F)(F)F)cc1[N+](=O)[O-]. The summed E-state index contributed by atoms with van der Waals surface area (Å²) in [6.45, 7) is 4.61. The summed E-state index contributed by atoms with van der Waals surface area (Å²) in [5.74, 6) is -1.94. The number of nitro benzene ring substituents is 1. The van der Waals surface area contributed by atoms with Crippen molar-refractivity contribution in [2.24, 2.45) is 0 Å². The van der Waals surface area contributed by atoms with Crippen LogP contribution in [0.15, 0.2) is 30.9 Å². The van der Waals surface area contributed by atoms with E-state index in [4.69, 9.17) is 4.74 Å². The number of halogens is 3. The second-order valence-corrected chi connectivity index (χ2v) is 4.29. The van der Waals surface area contributed by atoms with Crippen molar-refractivity contribution >= 4 is 17.3 Å². The van der Waals surface area contributed by atoms with Gasteiger partial charge in [0.1, 0.15) is 0 Å². The zero-order valence-electron chi connectivity index (χ0n) is 11.9. The molecule has 6 nitrogen and oxygen atoms in total. The zero-order valence-corrected chi connectivity index (χ0v) is 11.9. The largest absolute Gasteiger partial charge is 0.416 e. The highest BCUT2D eigenvalue weighted by Gasteiger charge is 2.36. The number of nitro groups is 1. The van der Waals surface area contributed by atoms with Crippen LogP contribution in [0.3, 0.4) is 0 Å². The summed E-state index contributed by atoms with van der Waals surface area (Å²) in [6.07, 6.45) is -5.69. The van der Waals surface area contributed by atoms with Gasteiger partial charge in [-0.2, -0.15) is 13.2 Å². The smallest absolute Gasteiger partial charge is 0.362 e. The first-order valence-corrected chi connectivity index (χ1v) is 6.31. The Hall–Kier alpha value is -2.55. The number of hydrogen-bond acceptors (Lipinski definition) is 5. The number of carbonyl (C=O) groups is 2. The van der Waals surface area contributed by atoms with E-state index in [1.54, 1.807) is 0 Å². The second-order valence-electron chi connectivity index (χ2n) is 4.29. The topological polar surface area (TPSA) is 86.5 Å². The van der Waals surface area contributed by atoms with Gasteiger partial charge in [0.25, 0.3) is 5.69 Å². The van der Waals surface area contributed by atoms with E-state index in [9.17, 15) is 32.9 Å². The molecule has 124 valence electrons. The highest BCUT2D eigenvalue weighted by atomic mass is 19.4. The van der Waals surface area contributed by atoms with E-state index in [2.05, 4.69) is 6.58 Å². The van der Waals surface area contributed by atoms with E-state index in [0.717, 1.165) is 6.08 Å². The summed E-state index contributed by atoms with van der Waals surface area (Å²) < 4.78 is 42.8. The van der Waals surface area contributed by atoms with Crippen LogP contribution >= 0.6 is 0 Å². The number of ether oxygens (including phenoxy) is 1. The molecule has 0 aliphatic rings. The van der Waals surface area contributed by atoms with Crippen LogP contribution in [0.4, 0.5) is 18.9 Å². The average molecular weight is 331 g/mol. The van der Waals surface area contributed by atoms with Crippen LogP contribution in [-0.2, 0) is 15.7 Å². The van der Waals surface area contributed by atoms with Gasteiger partial charge >= 0.3 is 6.18 Å². The van der Waals surface area contributed by atoms with Gasteiger partial charge < -0.3 is 4.74 Å². The van der Waals surface area contributed by atoms with Crippen LogP contribution in [0.1, 0.15) is 22.8 Å². The molecule has 0 aromatic heterocycles. The average Bonchev–Trinajstić information content (AvgIpc) is 2.49. The van der Waals surface area contributed by atoms with E-state index < -0.39 is 45.6 Å². The Morgan fingerprint density at radius 2 is 2.04 bits per heavy atom. The summed E-state index contributed by atoms with van der Waals surface area (Å²) in [5, 5.41) is 11.0. The van der Waals surface area contributed by atoms with E-state index >= 15 is 0 Å². The lowest BCUT2D eigenvalue weighted by molar-refractivity contribution is -0.385. The molecule has 1 aromatic carbocycles. The fraction of sp³-hybridized carbons (Fsp3) is 0.286. The van der Waals surface area contributed by atoms with Crippen molar-refractivity contribution in [2.45, 2.75) is 19.2 Å². The van der Waals surface area contributed by atoms with Gasteiger partial charge in [0.15, 0.2) is 11.9 Å². The third kappa shape index (κ3) is 4.22. The van der Waals surface area contributed by atoms with Crippen LogP contribution < -0.4 is 0 Å².